The molecule has 2 atom stereocenters. The molecule has 0 saturated heterocycles. The lowest BCUT2D eigenvalue weighted by Gasteiger charge is -2.38. The number of hydrogen-bond acceptors (Lipinski definition) is 4. The van der Waals surface area contributed by atoms with Crippen LogP contribution >= 0.6 is 0 Å². The predicted octanol–water partition coefficient (Wildman–Crippen LogP) is 3.97. The fourth-order valence-electron chi connectivity index (χ4n) is 3.45. The molecule has 5 heteroatoms. The van der Waals surface area contributed by atoms with Gasteiger partial charge in [-0.05, 0) is 37.1 Å². The highest BCUT2D eigenvalue weighted by molar-refractivity contribution is 6.01. The Hall–Kier alpha value is -2.92. The van der Waals surface area contributed by atoms with Crippen LogP contribution in [-0.4, -0.2) is 24.0 Å². The molecule has 1 N–H and O–H groups in total. The lowest BCUT2D eigenvalue weighted by Crippen LogP contribution is -2.39. The molecule has 1 aliphatic heterocycles. The van der Waals surface area contributed by atoms with Crippen LogP contribution in [0.2, 0.25) is 0 Å². The standard InChI is InChI=1S/C23H25NO4/c1-6-19(25)24(5)16-12-17(21(26)15-10-8-7-9-11-15)20-14(2)23(3,4)22(27)28-18(20)13-16/h6-14,21,26H,1H2,2-5H3/t14-,21-/m0/s1. The van der Waals surface area contributed by atoms with Crippen molar-refractivity contribution in [3.05, 3.63) is 71.8 Å². The second kappa shape index (κ2) is 7.24. The van der Waals surface area contributed by atoms with Crippen LogP contribution < -0.4 is 9.64 Å². The molecule has 3 rings (SSSR count). The molecule has 28 heavy (non-hydrogen) atoms. The summed E-state index contributed by atoms with van der Waals surface area (Å²) in [5.41, 5.74) is 1.91. The van der Waals surface area contributed by atoms with Gasteiger partial charge in [-0.25, -0.2) is 0 Å². The van der Waals surface area contributed by atoms with Crippen LogP contribution in [-0.2, 0) is 9.59 Å². The van der Waals surface area contributed by atoms with Crippen molar-refractivity contribution in [3.8, 4) is 5.75 Å². The van der Waals surface area contributed by atoms with Gasteiger partial charge in [0, 0.05) is 30.3 Å². The van der Waals surface area contributed by atoms with E-state index < -0.39 is 11.5 Å². The summed E-state index contributed by atoms with van der Waals surface area (Å²) in [7, 11) is 1.61. The minimum atomic E-state index is -0.919. The van der Waals surface area contributed by atoms with Crippen LogP contribution in [0, 0.1) is 5.41 Å². The average molecular weight is 379 g/mol. The number of fused-ring (bicyclic) bond motifs is 1. The van der Waals surface area contributed by atoms with Crippen LogP contribution in [0.5, 0.6) is 5.75 Å². The Balaban J connectivity index is 2.23. The molecule has 2 aromatic rings. The molecule has 0 aromatic heterocycles. The van der Waals surface area contributed by atoms with Crippen LogP contribution in [0.4, 0.5) is 5.69 Å². The van der Waals surface area contributed by atoms with E-state index in [4.69, 9.17) is 4.74 Å². The van der Waals surface area contributed by atoms with Crippen LogP contribution in [0.15, 0.2) is 55.1 Å². The van der Waals surface area contributed by atoms with Crippen molar-refractivity contribution in [2.75, 3.05) is 11.9 Å². The van der Waals surface area contributed by atoms with Gasteiger partial charge in [0.1, 0.15) is 11.9 Å². The topological polar surface area (TPSA) is 66.8 Å². The van der Waals surface area contributed by atoms with E-state index in [9.17, 15) is 14.7 Å². The monoisotopic (exact) mass is 379 g/mol. The number of anilines is 1. The number of ether oxygens (including phenoxy) is 1. The number of likely N-dealkylation sites (N-methyl/N-ethyl adjacent to an activating group) is 1. The minimum absolute atomic E-state index is 0.174. The van der Waals surface area contributed by atoms with Crippen molar-refractivity contribution in [1.82, 2.24) is 0 Å². The number of aliphatic hydroxyl groups is 1. The maximum absolute atomic E-state index is 12.5. The lowest BCUT2D eigenvalue weighted by molar-refractivity contribution is -0.146. The maximum Gasteiger partial charge on any atom is 0.317 e. The fraction of sp³-hybridized carbons (Fsp3) is 0.304. The molecule has 1 aliphatic rings. The fourth-order valence-corrected chi connectivity index (χ4v) is 3.45. The highest BCUT2D eigenvalue weighted by Gasteiger charge is 2.44. The first kappa shape index (κ1) is 19.8. The van der Waals surface area contributed by atoms with Crippen molar-refractivity contribution < 1.29 is 19.4 Å². The second-order valence-electron chi connectivity index (χ2n) is 7.69. The van der Waals surface area contributed by atoms with Crippen LogP contribution in [0.1, 0.15) is 49.5 Å². The largest absolute Gasteiger partial charge is 0.426 e. The van der Waals surface area contributed by atoms with Crippen molar-refractivity contribution >= 4 is 17.6 Å². The number of nitrogens with zero attached hydrogens (tertiary/aromatic N) is 1. The van der Waals surface area contributed by atoms with Crippen molar-refractivity contribution in [2.24, 2.45) is 5.41 Å². The Bertz CT molecular complexity index is 933. The van der Waals surface area contributed by atoms with Crippen molar-refractivity contribution in [2.45, 2.75) is 32.8 Å². The maximum atomic E-state index is 12.5. The third-order valence-electron chi connectivity index (χ3n) is 5.71. The third kappa shape index (κ3) is 3.22. The number of carbonyl (C=O) groups excluding carboxylic acids is 2. The average Bonchev–Trinajstić information content (AvgIpc) is 2.70. The van der Waals surface area contributed by atoms with E-state index in [2.05, 4.69) is 6.58 Å². The molecule has 0 spiro atoms. The van der Waals surface area contributed by atoms with Gasteiger partial charge >= 0.3 is 5.97 Å². The number of benzene rings is 2. The molecular weight excluding hydrogens is 354 g/mol. The van der Waals surface area contributed by atoms with Gasteiger partial charge in [0.25, 0.3) is 0 Å². The van der Waals surface area contributed by atoms with Gasteiger partial charge in [-0.3, -0.25) is 9.59 Å². The van der Waals surface area contributed by atoms with Gasteiger partial charge in [0.15, 0.2) is 0 Å². The lowest BCUT2D eigenvalue weighted by atomic mass is 9.72. The quantitative estimate of drug-likeness (QED) is 0.496. The molecule has 2 aromatic carbocycles. The van der Waals surface area contributed by atoms with Crippen molar-refractivity contribution in [3.63, 3.8) is 0 Å². The Morgan fingerprint density at radius 1 is 1.29 bits per heavy atom. The molecule has 0 unspecified atom stereocenters. The first-order valence-corrected chi connectivity index (χ1v) is 9.21. The first-order chi connectivity index (χ1) is 13.2. The van der Waals surface area contributed by atoms with E-state index in [1.807, 2.05) is 51.1 Å². The second-order valence-corrected chi connectivity index (χ2v) is 7.69. The van der Waals surface area contributed by atoms with Gasteiger partial charge in [0.2, 0.25) is 5.91 Å². The zero-order valence-corrected chi connectivity index (χ0v) is 16.6. The minimum Gasteiger partial charge on any atom is -0.426 e. The summed E-state index contributed by atoms with van der Waals surface area (Å²) in [6.07, 6.45) is 0.294. The molecule has 0 bridgehead atoms. The van der Waals surface area contributed by atoms with E-state index in [1.165, 1.54) is 11.0 Å². The number of hydrogen-bond donors (Lipinski definition) is 1. The Morgan fingerprint density at radius 3 is 2.54 bits per heavy atom. The summed E-state index contributed by atoms with van der Waals surface area (Å²) in [5.74, 6) is -0.423. The Labute approximate surface area is 165 Å². The molecule has 1 heterocycles. The molecule has 0 saturated carbocycles. The van der Waals surface area contributed by atoms with Crippen LogP contribution in [0.3, 0.4) is 0 Å². The number of esters is 1. The molecule has 146 valence electrons. The molecule has 0 aliphatic carbocycles. The number of amides is 1. The predicted molar refractivity (Wildman–Crippen MR) is 108 cm³/mol. The summed E-state index contributed by atoms with van der Waals surface area (Å²) in [6, 6.07) is 12.7. The van der Waals surface area contributed by atoms with Crippen LogP contribution in [0.25, 0.3) is 0 Å². The molecule has 5 nitrogen and oxygen atoms in total. The van der Waals surface area contributed by atoms with E-state index in [0.29, 0.717) is 17.0 Å². The zero-order valence-electron chi connectivity index (χ0n) is 16.6. The Morgan fingerprint density at radius 2 is 1.93 bits per heavy atom. The SMILES string of the molecule is C=CC(=O)N(C)c1cc2c(c([C@@H](O)c3ccccc3)c1)[C@H](C)C(C)(C)C(=O)O2. The van der Waals surface area contributed by atoms with Crippen molar-refractivity contribution in [1.29, 1.82) is 0 Å². The van der Waals surface area contributed by atoms with Gasteiger partial charge in [-0.2, -0.15) is 0 Å². The normalized spacial score (nSPS) is 18.6. The van der Waals surface area contributed by atoms with Gasteiger partial charge < -0.3 is 14.7 Å². The van der Waals surface area contributed by atoms with E-state index in [-0.39, 0.29) is 17.8 Å². The molecular formula is C23H25NO4. The van der Waals surface area contributed by atoms with Gasteiger partial charge in [-0.15, -0.1) is 0 Å². The highest BCUT2D eigenvalue weighted by atomic mass is 16.5. The first-order valence-electron chi connectivity index (χ1n) is 9.21. The summed E-state index contributed by atoms with van der Waals surface area (Å²) in [6.45, 7) is 9.15. The summed E-state index contributed by atoms with van der Waals surface area (Å²) in [5, 5.41) is 11.1. The summed E-state index contributed by atoms with van der Waals surface area (Å²) in [4.78, 5) is 26.0. The Kier molecular flexibility index (Phi) is 5.13. The smallest absolute Gasteiger partial charge is 0.317 e. The van der Waals surface area contributed by atoms with E-state index >= 15 is 0 Å². The highest BCUT2D eigenvalue weighted by Crippen LogP contribution is 2.49. The summed E-state index contributed by atoms with van der Waals surface area (Å²) >= 11 is 0. The third-order valence-corrected chi connectivity index (χ3v) is 5.71. The van der Waals surface area contributed by atoms with Gasteiger partial charge in [0.05, 0.1) is 5.41 Å². The van der Waals surface area contributed by atoms with E-state index in [1.54, 1.807) is 19.2 Å². The number of aliphatic hydroxyl groups excluding tert-OH is 1. The zero-order chi connectivity index (χ0) is 20.6. The molecule has 1 amide bonds. The number of rotatable bonds is 4. The van der Waals surface area contributed by atoms with E-state index in [0.717, 1.165) is 11.1 Å². The summed E-state index contributed by atoms with van der Waals surface area (Å²) < 4.78 is 5.63. The molecule has 0 radical (unpaired) electrons. The molecule has 0 fully saturated rings. The number of carbonyl (C=O) groups is 2. The van der Waals surface area contributed by atoms with Gasteiger partial charge in [-0.1, -0.05) is 43.8 Å².